The van der Waals surface area contributed by atoms with Gasteiger partial charge in [-0.1, -0.05) is 23.7 Å². The third-order valence-corrected chi connectivity index (χ3v) is 5.11. The number of anilines is 2. The number of aliphatic carboxylic acids is 1. The van der Waals surface area contributed by atoms with E-state index in [0.717, 1.165) is 5.56 Å². The summed E-state index contributed by atoms with van der Waals surface area (Å²) in [5.74, 6) is -1.84. The number of hydrogen-bond acceptors (Lipinski definition) is 7. The van der Waals surface area contributed by atoms with Gasteiger partial charge in [0, 0.05) is 11.8 Å². The summed E-state index contributed by atoms with van der Waals surface area (Å²) in [6, 6.07) is 14.1. The lowest BCUT2D eigenvalue weighted by Gasteiger charge is -2.20. The molecule has 0 saturated carbocycles. The minimum atomic E-state index is -1.17. The van der Waals surface area contributed by atoms with E-state index < -0.39 is 24.4 Å². The number of carbonyl (C=O) groups is 3. The van der Waals surface area contributed by atoms with Crippen LogP contribution in [0.4, 0.5) is 11.5 Å². The van der Waals surface area contributed by atoms with Crippen LogP contribution in [-0.4, -0.2) is 53.5 Å². The second-order valence-corrected chi connectivity index (χ2v) is 8.13. The van der Waals surface area contributed by atoms with Crippen molar-refractivity contribution in [2.75, 3.05) is 31.3 Å². The molecule has 3 aromatic rings. The van der Waals surface area contributed by atoms with Crippen molar-refractivity contribution in [2.24, 2.45) is 5.73 Å². The summed E-state index contributed by atoms with van der Waals surface area (Å²) in [6.45, 7) is -0.590. The molecule has 0 saturated heterocycles. The molecule has 0 aliphatic heterocycles. The van der Waals surface area contributed by atoms with Gasteiger partial charge in [-0.25, -0.2) is 9.78 Å². The van der Waals surface area contributed by atoms with Crippen molar-refractivity contribution in [3.8, 4) is 5.75 Å². The van der Waals surface area contributed by atoms with E-state index in [0.29, 0.717) is 10.6 Å². The molecule has 11 heteroatoms. The molecular weight excluding hydrogens is 474 g/mol. The van der Waals surface area contributed by atoms with Gasteiger partial charge in [-0.2, -0.15) is 0 Å². The molecule has 1 heterocycles. The zero-order valence-electron chi connectivity index (χ0n) is 19.0. The maximum absolute atomic E-state index is 13.0. The topological polar surface area (TPSA) is 147 Å². The number of carboxylic acid groups (broad SMARTS) is 1. The minimum absolute atomic E-state index is 0.0456. The number of carboxylic acids is 1. The molecule has 0 bridgehead atoms. The van der Waals surface area contributed by atoms with Gasteiger partial charge in [-0.15, -0.1) is 0 Å². The molecule has 0 spiro atoms. The average Bonchev–Trinajstić information content (AvgIpc) is 2.84. The van der Waals surface area contributed by atoms with Gasteiger partial charge in [0.05, 0.1) is 22.4 Å². The number of nitrogens with two attached hydrogens (primary N) is 1. The number of rotatable bonds is 9. The fourth-order valence-corrected chi connectivity index (χ4v) is 3.12. The molecule has 3 rings (SSSR count). The molecule has 35 heavy (non-hydrogen) atoms. The Morgan fingerprint density at radius 1 is 1.06 bits per heavy atom. The predicted octanol–water partition coefficient (Wildman–Crippen LogP) is 3.22. The molecule has 0 radical (unpaired) electrons. The zero-order valence-corrected chi connectivity index (χ0v) is 19.7. The number of pyridine rings is 1. The average molecular weight is 498 g/mol. The smallest absolute Gasteiger partial charge is 0.341 e. The molecule has 0 fully saturated rings. The highest BCUT2D eigenvalue weighted by atomic mass is 35.5. The SMILES string of the molecule is CN(C)C(N)c1ccc(C(=O)Nc2ccc(OCC(=O)O)cc2C(=O)Nc2ccc(Cl)cn2)cc1. The molecule has 2 aromatic carbocycles. The first kappa shape index (κ1) is 25.6. The van der Waals surface area contributed by atoms with Crippen LogP contribution in [0.3, 0.4) is 0 Å². The van der Waals surface area contributed by atoms with E-state index in [-0.39, 0.29) is 29.0 Å². The van der Waals surface area contributed by atoms with Crippen molar-refractivity contribution in [3.63, 3.8) is 0 Å². The van der Waals surface area contributed by atoms with Crippen LogP contribution >= 0.6 is 11.6 Å². The lowest BCUT2D eigenvalue weighted by molar-refractivity contribution is -0.139. The molecule has 5 N–H and O–H groups in total. The predicted molar refractivity (Wildman–Crippen MR) is 132 cm³/mol. The molecule has 0 aliphatic carbocycles. The van der Waals surface area contributed by atoms with Crippen LogP contribution in [0.2, 0.25) is 5.02 Å². The van der Waals surface area contributed by atoms with Crippen LogP contribution < -0.4 is 21.1 Å². The number of nitrogens with zero attached hydrogens (tertiary/aromatic N) is 2. The van der Waals surface area contributed by atoms with Crippen molar-refractivity contribution in [1.29, 1.82) is 0 Å². The Bertz CT molecular complexity index is 1220. The molecule has 1 unspecified atom stereocenters. The fraction of sp³-hybridized carbons (Fsp3) is 0.167. The first-order valence-electron chi connectivity index (χ1n) is 10.4. The summed E-state index contributed by atoms with van der Waals surface area (Å²) in [7, 11) is 3.70. The summed E-state index contributed by atoms with van der Waals surface area (Å²) < 4.78 is 5.18. The highest BCUT2D eigenvalue weighted by Gasteiger charge is 2.18. The lowest BCUT2D eigenvalue weighted by atomic mass is 10.1. The first-order chi connectivity index (χ1) is 16.6. The van der Waals surface area contributed by atoms with E-state index >= 15 is 0 Å². The number of nitrogens with one attached hydrogen (secondary N) is 2. The van der Waals surface area contributed by atoms with E-state index in [2.05, 4.69) is 15.6 Å². The molecule has 10 nitrogen and oxygen atoms in total. The summed E-state index contributed by atoms with van der Waals surface area (Å²) in [4.78, 5) is 42.6. The van der Waals surface area contributed by atoms with Crippen molar-refractivity contribution in [2.45, 2.75) is 6.17 Å². The Morgan fingerprint density at radius 3 is 2.37 bits per heavy atom. The van der Waals surface area contributed by atoms with Crippen molar-refractivity contribution >= 4 is 40.9 Å². The van der Waals surface area contributed by atoms with Gasteiger partial charge in [0.1, 0.15) is 11.6 Å². The van der Waals surface area contributed by atoms with Gasteiger partial charge in [0.25, 0.3) is 11.8 Å². The summed E-state index contributed by atoms with van der Waals surface area (Å²) >= 11 is 5.83. The van der Waals surface area contributed by atoms with Crippen LogP contribution in [0.25, 0.3) is 0 Å². The minimum Gasteiger partial charge on any atom is -0.482 e. The van der Waals surface area contributed by atoms with Crippen molar-refractivity contribution in [1.82, 2.24) is 9.88 Å². The molecule has 182 valence electrons. The maximum Gasteiger partial charge on any atom is 0.341 e. The number of benzene rings is 2. The van der Waals surface area contributed by atoms with E-state index in [9.17, 15) is 14.4 Å². The highest BCUT2D eigenvalue weighted by molar-refractivity contribution is 6.30. The number of halogens is 1. The number of amides is 2. The van der Waals surface area contributed by atoms with Gasteiger partial charge in [0.15, 0.2) is 6.61 Å². The van der Waals surface area contributed by atoms with Crippen molar-refractivity contribution < 1.29 is 24.2 Å². The zero-order chi connectivity index (χ0) is 25.5. The molecule has 0 aliphatic rings. The lowest BCUT2D eigenvalue weighted by Crippen LogP contribution is -2.27. The summed E-state index contributed by atoms with van der Waals surface area (Å²) in [6.07, 6.45) is 1.06. The normalized spacial score (nSPS) is 11.6. The van der Waals surface area contributed by atoms with Gasteiger partial charge in [-0.05, 0) is 62.1 Å². The quantitative estimate of drug-likeness (QED) is 0.329. The summed E-state index contributed by atoms with van der Waals surface area (Å²) in [5.41, 5.74) is 7.52. The Labute approximate surface area is 206 Å². The van der Waals surface area contributed by atoms with E-state index in [4.69, 9.17) is 27.2 Å². The third-order valence-electron chi connectivity index (χ3n) is 4.89. The third kappa shape index (κ3) is 7.00. The number of aromatic nitrogens is 1. The maximum atomic E-state index is 13.0. The van der Waals surface area contributed by atoms with E-state index in [1.165, 1.54) is 30.5 Å². The Kier molecular flexibility index (Phi) is 8.37. The van der Waals surface area contributed by atoms with Gasteiger partial charge < -0.3 is 26.2 Å². The first-order valence-corrected chi connectivity index (χ1v) is 10.8. The monoisotopic (exact) mass is 497 g/mol. The second kappa shape index (κ2) is 11.4. The summed E-state index contributed by atoms with van der Waals surface area (Å²) in [5, 5.41) is 14.6. The van der Waals surface area contributed by atoms with E-state index in [1.54, 1.807) is 30.3 Å². The number of hydrogen-bond donors (Lipinski definition) is 4. The van der Waals surface area contributed by atoms with Crippen LogP contribution in [0.1, 0.15) is 32.4 Å². The molecular formula is C24H24ClN5O5. The Morgan fingerprint density at radius 2 is 1.77 bits per heavy atom. The molecule has 1 atom stereocenters. The standard InChI is InChI=1S/C24H24ClN5O5/c1-30(2)22(26)14-3-5-15(6-4-14)23(33)28-19-9-8-17(35-13-21(31)32)11-18(19)24(34)29-20-10-7-16(25)12-27-20/h3-12,22H,13,26H2,1-2H3,(H,28,33)(H,31,32)(H,27,29,34). The highest BCUT2D eigenvalue weighted by Crippen LogP contribution is 2.25. The molecule has 1 aromatic heterocycles. The Balaban J connectivity index is 1.85. The van der Waals surface area contributed by atoms with Crippen LogP contribution in [0.15, 0.2) is 60.8 Å². The largest absolute Gasteiger partial charge is 0.482 e. The van der Waals surface area contributed by atoms with Gasteiger partial charge >= 0.3 is 5.97 Å². The van der Waals surface area contributed by atoms with E-state index in [1.807, 2.05) is 19.0 Å². The number of ether oxygens (including phenoxy) is 1. The van der Waals surface area contributed by atoms with Crippen LogP contribution in [0, 0.1) is 0 Å². The van der Waals surface area contributed by atoms with Gasteiger partial charge in [-0.3, -0.25) is 14.5 Å². The number of carbonyl (C=O) groups excluding carboxylic acids is 2. The van der Waals surface area contributed by atoms with Crippen LogP contribution in [-0.2, 0) is 4.79 Å². The molecule has 2 amide bonds. The second-order valence-electron chi connectivity index (χ2n) is 7.69. The fourth-order valence-electron chi connectivity index (χ4n) is 3.01. The Hall–Kier alpha value is -3.99. The van der Waals surface area contributed by atoms with Gasteiger partial charge in [0.2, 0.25) is 0 Å². The van der Waals surface area contributed by atoms with Crippen LogP contribution in [0.5, 0.6) is 5.75 Å². The van der Waals surface area contributed by atoms with Crippen molar-refractivity contribution in [3.05, 3.63) is 82.5 Å².